The number of rotatable bonds is 5. The fourth-order valence-corrected chi connectivity index (χ4v) is 3.41. The van der Waals surface area contributed by atoms with Gasteiger partial charge in [-0.05, 0) is 24.2 Å². The highest BCUT2D eigenvalue weighted by molar-refractivity contribution is 7.19. The average Bonchev–Trinajstić information content (AvgIpc) is 2.75. The van der Waals surface area contributed by atoms with Gasteiger partial charge in [-0.2, -0.15) is 13.2 Å². The first-order valence-electron chi connectivity index (χ1n) is 6.53. The minimum Gasteiger partial charge on any atom is -0.326 e. The molecule has 2 aromatic rings. The Hall–Kier alpha value is -1.18. The van der Waals surface area contributed by atoms with E-state index in [0.29, 0.717) is 15.6 Å². The number of fused-ring (bicyclic) bond motifs is 1. The van der Waals surface area contributed by atoms with E-state index in [2.05, 4.69) is 0 Å². The lowest BCUT2D eigenvalue weighted by Gasteiger charge is -2.22. The van der Waals surface area contributed by atoms with Crippen molar-refractivity contribution in [2.75, 3.05) is 13.1 Å². The van der Waals surface area contributed by atoms with Crippen LogP contribution in [0.5, 0.6) is 0 Å². The van der Waals surface area contributed by atoms with Gasteiger partial charge < -0.3 is 5.73 Å². The summed E-state index contributed by atoms with van der Waals surface area (Å²) < 4.78 is 52.4. The van der Waals surface area contributed by atoms with Crippen LogP contribution < -0.4 is 5.73 Å². The van der Waals surface area contributed by atoms with E-state index in [1.807, 2.05) is 0 Å². The second-order valence-electron chi connectivity index (χ2n) is 4.74. The Morgan fingerprint density at radius 3 is 2.57 bits per heavy atom. The van der Waals surface area contributed by atoms with Crippen molar-refractivity contribution < 1.29 is 17.6 Å². The normalized spacial score (nSPS) is 12.5. The molecule has 0 saturated heterocycles. The summed E-state index contributed by atoms with van der Waals surface area (Å²) in [6.45, 7) is 1.11. The fraction of sp³-hybridized carbons (Fsp3) is 0.429. The molecule has 0 aliphatic rings. The zero-order valence-corrected chi connectivity index (χ0v) is 12.3. The van der Waals surface area contributed by atoms with Gasteiger partial charge in [-0.3, -0.25) is 4.90 Å². The smallest absolute Gasteiger partial charge is 0.326 e. The van der Waals surface area contributed by atoms with Gasteiger partial charge in [0.15, 0.2) is 0 Å². The van der Waals surface area contributed by atoms with Crippen LogP contribution in [0.4, 0.5) is 17.6 Å². The standard InChI is InChI=1S/C14H16F4N2S/c1-2-20(8-14(16,17)18)7-9-12(6-19)21-11-5-3-4-10(15)13(9)11/h3-5H,2,6-8,19H2,1H3. The Kier molecular flexibility index (Phi) is 4.85. The van der Waals surface area contributed by atoms with Crippen molar-refractivity contribution in [2.45, 2.75) is 26.2 Å². The molecule has 1 heterocycles. The van der Waals surface area contributed by atoms with Crippen molar-refractivity contribution in [1.82, 2.24) is 4.90 Å². The fourth-order valence-electron chi connectivity index (χ4n) is 2.30. The highest BCUT2D eigenvalue weighted by Crippen LogP contribution is 2.34. The van der Waals surface area contributed by atoms with Crippen LogP contribution in [0.3, 0.4) is 0 Å². The zero-order valence-electron chi connectivity index (χ0n) is 11.5. The zero-order chi connectivity index (χ0) is 15.6. The maximum absolute atomic E-state index is 14.0. The van der Waals surface area contributed by atoms with Crippen LogP contribution >= 0.6 is 11.3 Å². The maximum Gasteiger partial charge on any atom is 0.401 e. The van der Waals surface area contributed by atoms with Gasteiger partial charge in [0.1, 0.15) is 5.82 Å². The van der Waals surface area contributed by atoms with E-state index in [-0.39, 0.29) is 19.6 Å². The second-order valence-corrected chi connectivity index (χ2v) is 5.88. The molecule has 0 bridgehead atoms. The summed E-state index contributed by atoms with van der Waals surface area (Å²) in [5.74, 6) is -0.415. The quantitative estimate of drug-likeness (QED) is 0.847. The van der Waals surface area contributed by atoms with Gasteiger partial charge in [0, 0.05) is 28.1 Å². The summed E-state index contributed by atoms with van der Waals surface area (Å²) in [5, 5.41) is 0.392. The summed E-state index contributed by atoms with van der Waals surface area (Å²) in [4.78, 5) is 1.98. The number of benzene rings is 1. The van der Waals surface area contributed by atoms with E-state index in [4.69, 9.17) is 5.73 Å². The lowest BCUT2D eigenvalue weighted by atomic mass is 10.1. The van der Waals surface area contributed by atoms with E-state index in [9.17, 15) is 17.6 Å². The van der Waals surface area contributed by atoms with Crippen LogP contribution in [0.1, 0.15) is 17.4 Å². The number of nitrogens with two attached hydrogens (primary N) is 1. The highest BCUT2D eigenvalue weighted by Gasteiger charge is 2.30. The molecule has 1 aromatic carbocycles. The monoisotopic (exact) mass is 320 g/mol. The Balaban J connectivity index is 2.40. The van der Waals surface area contributed by atoms with E-state index >= 15 is 0 Å². The number of nitrogens with zero attached hydrogens (tertiary/aromatic N) is 1. The molecule has 0 atom stereocenters. The molecule has 2 rings (SSSR count). The summed E-state index contributed by atoms with van der Waals surface area (Å²) in [6.07, 6.45) is -4.27. The van der Waals surface area contributed by atoms with Crippen LogP contribution in [-0.4, -0.2) is 24.2 Å². The number of halogens is 4. The van der Waals surface area contributed by atoms with E-state index in [1.165, 1.54) is 22.3 Å². The van der Waals surface area contributed by atoms with Crippen LogP contribution in [0.15, 0.2) is 18.2 Å². The third-order valence-corrected chi connectivity index (χ3v) is 4.48. The molecule has 2 N–H and O–H groups in total. The SMILES string of the molecule is CCN(Cc1c(CN)sc2cccc(F)c12)CC(F)(F)F. The van der Waals surface area contributed by atoms with Gasteiger partial charge in [-0.1, -0.05) is 13.0 Å². The van der Waals surface area contributed by atoms with Crippen LogP contribution in [0.25, 0.3) is 10.1 Å². The molecule has 0 aliphatic carbocycles. The number of thiophene rings is 1. The number of hydrogen-bond donors (Lipinski definition) is 1. The average molecular weight is 320 g/mol. The van der Waals surface area contributed by atoms with Crippen molar-refractivity contribution in [1.29, 1.82) is 0 Å². The van der Waals surface area contributed by atoms with Gasteiger partial charge in [0.05, 0.1) is 6.54 Å². The van der Waals surface area contributed by atoms with E-state index in [1.54, 1.807) is 19.1 Å². The lowest BCUT2D eigenvalue weighted by molar-refractivity contribution is -0.146. The molecule has 0 unspecified atom stereocenters. The Labute approximate surface area is 124 Å². The molecule has 7 heteroatoms. The predicted octanol–water partition coefficient (Wildman–Crippen LogP) is 3.88. The molecule has 0 radical (unpaired) electrons. The largest absolute Gasteiger partial charge is 0.401 e. The van der Waals surface area contributed by atoms with Crippen molar-refractivity contribution in [3.63, 3.8) is 0 Å². The van der Waals surface area contributed by atoms with Gasteiger partial charge >= 0.3 is 6.18 Å². The molecular weight excluding hydrogens is 304 g/mol. The third-order valence-electron chi connectivity index (χ3n) is 3.26. The molecule has 0 fully saturated rings. The lowest BCUT2D eigenvalue weighted by Crippen LogP contribution is -2.33. The van der Waals surface area contributed by atoms with Gasteiger partial charge in [-0.15, -0.1) is 11.3 Å². The Morgan fingerprint density at radius 2 is 2.00 bits per heavy atom. The van der Waals surface area contributed by atoms with E-state index in [0.717, 1.165) is 4.88 Å². The highest BCUT2D eigenvalue weighted by atomic mass is 32.1. The summed E-state index contributed by atoms with van der Waals surface area (Å²) >= 11 is 1.34. The minimum atomic E-state index is -4.27. The Morgan fingerprint density at radius 1 is 1.29 bits per heavy atom. The molecule has 0 spiro atoms. The first kappa shape index (κ1) is 16.2. The van der Waals surface area contributed by atoms with Crippen molar-refractivity contribution in [3.8, 4) is 0 Å². The predicted molar refractivity (Wildman–Crippen MR) is 76.7 cm³/mol. The molecular formula is C14H16F4N2S. The van der Waals surface area contributed by atoms with Crippen molar-refractivity contribution in [3.05, 3.63) is 34.5 Å². The van der Waals surface area contributed by atoms with Crippen molar-refractivity contribution >= 4 is 21.4 Å². The molecule has 0 aliphatic heterocycles. The summed E-state index contributed by atoms with van der Waals surface area (Å²) in [6, 6.07) is 4.66. The van der Waals surface area contributed by atoms with Gasteiger partial charge in [-0.25, -0.2) is 4.39 Å². The molecule has 1 aromatic heterocycles. The molecule has 21 heavy (non-hydrogen) atoms. The minimum absolute atomic E-state index is 0.0451. The first-order valence-corrected chi connectivity index (χ1v) is 7.35. The Bertz CT molecular complexity index is 621. The summed E-state index contributed by atoms with van der Waals surface area (Å²) in [5.41, 5.74) is 6.23. The first-order chi connectivity index (χ1) is 9.85. The van der Waals surface area contributed by atoms with E-state index < -0.39 is 18.5 Å². The third kappa shape index (κ3) is 3.72. The molecule has 2 nitrogen and oxygen atoms in total. The van der Waals surface area contributed by atoms with Gasteiger partial charge in [0.2, 0.25) is 0 Å². The maximum atomic E-state index is 14.0. The topological polar surface area (TPSA) is 29.3 Å². The van der Waals surface area contributed by atoms with Gasteiger partial charge in [0.25, 0.3) is 0 Å². The molecule has 0 saturated carbocycles. The van der Waals surface area contributed by atoms with Crippen molar-refractivity contribution in [2.24, 2.45) is 5.73 Å². The molecule has 116 valence electrons. The second kappa shape index (κ2) is 6.29. The number of hydrogen-bond acceptors (Lipinski definition) is 3. The summed E-state index contributed by atoms with van der Waals surface area (Å²) in [7, 11) is 0. The van der Waals surface area contributed by atoms with Crippen LogP contribution in [0.2, 0.25) is 0 Å². The number of alkyl halides is 3. The van der Waals surface area contributed by atoms with Crippen LogP contribution in [-0.2, 0) is 13.1 Å². The molecule has 0 amide bonds. The van der Waals surface area contributed by atoms with Crippen LogP contribution in [0, 0.1) is 5.82 Å².